The zero-order valence-corrected chi connectivity index (χ0v) is 15.2. The predicted molar refractivity (Wildman–Crippen MR) is 95.9 cm³/mol. The highest BCUT2D eigenvalue weighted by Crippen LogP contribution is 2.14. The van der Waals surface area contributed by atoms with Gasteiger partial charge in [-0.1, -0.05) is 6.07 Å². The quantitative estimate of drug-likeness (QED) is 0.717. The summed E-state index contributed by atoms with van der Waals surface area (Å²) in [6, 6.07) is 6.84. The molecule has 0 aromatic heterocycles. The summed E-state index contributed by atoms with van der Waals surface area (Å²) in [7, 11) is 1.58. The van der Waals surface area contributed by atoms with E-state index < -0.39 is 0 Å². The van der Waals surface area contributed by atoms with Crippen LogP contribution in [0.2, 0.25) is 0 Å². The van der Waals surface area contributed by atoms with Gasteiger partial charge in [0.1, 0.15) is 6.61 Å². The molecule has 1 fully saturated rings. The van der Waals surface area contributed by atoms with E-state index in [2.05, 4.69) is 5.32 Å². The monoisotopic (exact) mass is 363 g/mol. The minimum Gasteiger partial charge on any atom is -0.382 e. The molecule has 0 radical (unpaired) electrons. The summed E-state index contributed by atoms with van der Waals surface area (Å²) >= 11 is 0. The van der Waals surface area contributed by atoms with E-state index in [0.29, 0.717) is 50.6 Å². The zero-order chi connectivity index (χ0) is 18.9. The second-order valence-electron chi connectivity index (χ2n) is 5.98. The molecule has 1 heterocycles. The topological polar surface area (TPSA) is 88.2 Å². The van der Waals surface area contributed by atoms with Gasteiger partial charge in [0.2, 0.25) is 11.8 Å². The standard InChI is InChI=1S/C18H25N3O5/c1-14(22)19-16-5-3-4-15(12-16)18(24)21-8-6-20(7-9-21)17(23)13-26-11-10-25-2/h3-5,12H,6-11,13H2,1-2H3,(H,19,22). The molecule has 1 N–H and O–H groups in total. The summed E-state index contributed by atoms with van der Waals surface area (Å²) < 4.78 is 10.1. The van der Waals surface area contributed by atoms with Crippen molar-refractivity contribution < 1.29 is 23.9 Å². The maximum absolute atomic E-state index is 12.6. The molecule has 142 valence electrons. The van der Waals surface area contributed by atoms with Gasteiger partial charge in [0.25, 0.3) is 5.91 Å². The van der Waals surface area contributed by atoms with Crippen molar-refractivity contribution in [3.63, 3.8) is 0 Å². The Bertz CT molecular complexity index is 641. The number of benzene rings is 1. The van der Waals surface area contributed by atoms with Crippen LogP contribution in [0.3, 0.4) is 0 Å². The number of methoxy groups -OCH3 is 1. The van der Waals surface area contributed by atoms with E-state index in [1.54, 1.807) is 41.2 Å². The zero-order valence-electron chi connectivity index (χ0n) is 15.2. The van der Waals surface area contributed by atoms with Crippen molar-refractivity contribution in [3.05, 3.63) is 29.8 Å². The average molecular weight is 363 g/mol. The van der Waals surface area contributed by atoms with Gasteiger partial charge in [-0.15, -0.1) is 0 Å². The van der Waals surface area contributed by atoms with Gasteiger partial charge in [0.15, 0.2) is 0 Å². The Balaban J connectivity index is 1.84. The molecule has 8 nitrogen and oxygen atoms in total. The first-order valence-electron chi connectivity index (χ1n) is 8.52. The van der Waals surface area contributed by atoms with Crippen molar-refractivity contribution in [1.82, 2.24) is 9.80 Å². The molecule has 0 aliphatic carbocycles. The first kappa shape index (κ1) is 19.9. The van der Waals surface area contributed by atoms with Crippen molar-refractivity contribution in [2.24, 2.45) is 0 Å². The normalized spacial score (nSPS) is 14.2. The minimum absolute atomic E-state index is 0.0239. The van der Waals surface area contributed by atoms with Gasteiger partial charge in [0.05, 0.1) is 13.2 Å². The van der Waals surface area contributed by atoms with Crippen LogP contribution in [0.4, 0.5) is 5.69 Å². The molecule has 3 amide bonds. The summed E-state index contributed by atoms with van der Waals surface area (Å²) in [5.41, 5.74) is 1.10. The summed E-state index contributed by atoms with van der Waals surface area (Å²) in [6.45, 7) is 4.16. The van der Waals surface area contributed by atoms with Crippen molar-refractivity contribution in [3.8, 4) is 0 Å². The third-order valence-corrected chi connectivity index (χ3v) is 4.01. The number of hydrogen-bond acceptors (Lipinski definition) is 5. The molecular weight excluding hydrogens is 338 g/mol. The second kappa shape index (κ2) is 9.88. The van der Waals surface area contributed by atoms with Gasteiger partial charge < -0.3 is 24.6 Å². The van der Waals surface area contributed by atoms with Gasteiger partial charge in [0, 0.05) is 51.5 Å². The first-order valence-corrected chi connectivity index (χ1v) is 8.52. The predicted octanol–water partition coefficient (Wildman–Crippen LogP) is 0.592. The van der Waals surface area contributed by atoms with E-state index in [1.165, 1.54) is 6.92 Å². The summed E-state index contributed by atoms with van der Waals surface area (Å²) in [6.07, 6.45) is 0. The molecule has 0 saturated carbocycles. The molecule has 0 bridgehead atoms. The summed E-state index contributed by atoms with van der Waals surface area (Å²) in [4.78, 5) is 39.3. The van der Waals surface area contributed by atoms with E-state index in [4.69, 9.17) is 9.47 Å². The third-order valence-electron chi connectivity index (χ3n) is 4.01. The molecule has 1 aliphatic heterocycles. The molecule has 0 unspecified atom stereocenters. The van der Waals surface area contributed by atoms with Crippen LogP contribution < -0.4 is 5.32 Å². The number of nitrogens with zero attached hydrogens (tertiary/aromatic N) is 2. The number of anilines is 1. The molecule has 1 aromatic rings. The smallest absolute Gasteiger partial charge is 0.254 e. The molecular formula is C18H25N3O5. The Morgan fingerprint density at radius 1 is 1.08 bits per heavy atom. The maximum atomic E-state index is 12.6. The Labute approximate surface area is 153 Å². The number of nitrogens with one attached hydrogen (secondary N) is 1. The molecule has 26 heavy (non-hydrogen) atoms. The number of hydrogen-bond donors (Lipinski definition) is 1. The van der Waals surface area contributed by atoms with Crippen LogP contribution in [0.5, 0.6) is 0 Å². The number of carbonyl (C=O) groups is 3. The molecule has 2 rings (SSSR count). The lowest BCUT2D eigenvalue weighted by Crippen LogP contribution is -2.51. The van der Waals surface area contributed by atoms with Crippen LogP contribution in [-0.4, -0.2) is 80.6 Å². The van der Waals surface area contributed by atoms with E-state index in [0.717, 1.165) is 0 Å². The Hall–Kier alpha value is -2.45. The van der Waals surface area contributed by atoms with Crippen LogP contribution in [0, 0.1) is 0 Å². The summed E-state index contributed by atoms with van der Waals surface area (Å²) in [5.74, 6) is -0.379. The second-order valence-corrected chi connectivity index (χ2v) is 5.98. The number of rotatable bonds is 7. The third kappa shape index (κ3) is 5.82. The molecule has 8 heteroatoms. The highest BCUT2D eigenvalue weighted by Gasteiger charge is 2.25. The van der Waals surface area contributed by atoms with E-state index >= 15 is 0 Å². The average Bonchev–Trinajstić information content (AvgIpc) is 2.64. The van der Waals surface area contributed by atoms with Gasteiger partial charge in [-0.05, 0) is 18.2 Å². The van der Waals surface area contributed by atoms with Gasteiger partial charge in [-0.25, -0.2) is 0 Å². The van der Waals surface area contributed by atoms with Gasteiger partial charge in [-0.3, -0.25) is 14.4 Å². The molecule has 1 aliphatic rings. The van der Waals surface area contributed by atoms with E-state index in [-0.39, 0.29) is 24.3 Å². The SMILES string of the molecule is COCCOCC(=O)N1CCN(C(=O)c2cccc(NC(C)=O)c2)CC1. The lowest BCUT2D eigenvalue weighted by atomic mass is 10.1. The highest BCUT2D eigenvalue weighted by molar-refractivity contribution is 5.97. The van der Waals surface area contributed by atoms with Crippen LogP contribution in [-0.2, 0) is 19.1 Å². The fourth-order valence-electron chi connectivity index (χ4n) is 2.67. The molecule has 1 aromatic carbocycles. The van der Waals surface area contributed by atoms with Crippen LogP contribution >= 0.6 is 0 Å². The summed E-state index contributed by atoms with van der Waals surface area (Å²) in [5, 5.41) is 2.67. The Morgan fingerprint density at radius 3 is 2.42 bits per heavy atom. The van der Waals surface area contributed by atoms with E-state index in [9.17, 15) is 14.4 Å². The van der Waals surface area contributed by atoms with Crippen LogP contribution in [0.25, 0.3) is 0 Å². The molecule has 0 spiro atoms. The minimum atomic E-state index is -0.186. The number of amides is 3. The number of piperazine rings is 1. The van der Waals surface area contributed by atoms with Crippen LogP contribution in [0.1, 0.15) is 17.3 Å². The fraction of sp³-hybridized carbons (Fsp3) is 0.500. The number of ether oxygens (including phenoxy) is 2. The lowest BCUT2D eigenvalue weighted by Gasteiger charge is -2.34. The van der Waals surface area contributed by atoms with Crippen molar-refractivity contribution in [2.75, 3.05) is 58.4 Å². The van der Waals surface area contributed by atoms with Crippen molar-refractivity contribution in [1.29, 1.82) is 0 Å². The fourth-order valence-corrected chi connectivity index (χ4v) is 2.67. The lowest BCUT2D eigenvalue weighted by molar-refractivity contribution is -0.138. The molecule has 1 saturated heterocycles. The maximum Gasteiger partial charge on any atom is 0.254 e. The van der Waals surface area contributed by atoms with Gasteiger partial charge >= 0.3 is 0 Å². The molecule has 0 atom stereocenters. The number of carbonyl (C=O) groups excluding carboxylic acids is 3. The largest absolute Gasteiger partial charge is 0.382 e. The van der Waals surface area contributed by atoms with Crippen molar-refractivity contribution >= 4 is 23.4 Å². The van der Waals surface area contributed by atoms with E-state index in [1.807, 2.05) is 0 Å². The Kier molecular flexibility index (Phi) is 7.55. The Morgan fingerprint density at radius 2 is 1.77 bits per heavy atom. The van der Waals surface area contributed by atoms with Gasteiger partial charge in [-0.2, -0.15) is 0 Å². The van der Waals surface area contributed by atoms with Crippen LogP contribution in [0.15, 0.2) is 24.3 Å². The van der Waals surface area contributed by atoms with Crippen molar-refractivity contribution in [2.45, 2.75) is 6.92 Å². The first-order chi connectivity index (χ1) is 12.5. The highest BCUT2D eigenvalue weighted by atomic mass is 16.5.